The van der Waals surface area contributed by atoms with Crippen LogP contribution in [0.25, 0.3) is 10.9 Å². The molecule has 1 aromatic carbocycles. The molecule has 1 saturated heterocycles. The fraction of sp³-hybridized carbons (Fsp3) is 0.357. The smallest absolute Gasteiger partial charge is 0.253 e. The normalized spacial score (nSPS) is 19.9. The molecule has 2 heterocycles. The number of amides is 1. The largest absolute Gasteiger partial charge is 0.346 e. The van der Waals surface area contributed by atoms with Crippen molar-refractivity contribution in [2.45, 2.75) is 18.9 Å². The summed E-state index contributed by atoms with van der Waals surface area (Å²) in [5, 5.41) is 1.59. The van der Waals surface area contributed by atoms with Crippen LogP contribution in [0.2, 0.25) is 5.15 Å². The lowest BCUT2D eigenvalue weighted by Gasteiger charge is -2.30. The van der Waals surface area contributed by atoms with Crippen molar-refractivity contribution >= 4 is 28.4 Å². The number of hydrogen-bond donors (Lipinski definition) is 2. The van der Waals surface area contributed by atoms with Gasteiger partial charge in [0, 0.05) is 35.6 Å². The number of piperidine rings is 1. The summed E-state index contributed by atoms with van der Waals surface area (Å²) in [5.41, 5.74) is 7.48. The highest BCUT2D eigenvalue weighted by Crippen LogP contribution is 2.21. The first-order valence-corrected chi connectivity index (χ1v) is 6.84. The van der Waals surface area contributed by atoms with Gasteiger partial charge in [-0.2, -0.15) is 0 Å². The summed E-state index contributed by atoms with van der Waals surface area (Å²) in [6, 6.07) is 7.55. The van der Waals surface area contributed by atoms with Crippen molar-refractivity contribution < 1.29 is 4.79 Å². The number of hydrogen-bond acceptors (Lipinski definition) is 2. The second-order valence-corrected chi connectivity index (χ2v) is 5.48. The zero-order valence-corrected chi connectivity index (χ0v) is 11.3. The molecule has 0 spiro atoms. The number of H-pyrrole nitrogens is 1. The molecule has 19 heavy (non-hydrogen) atoms. The van der Waals surface area contributed by atoms with Gasteiger partial charge in [-0.1, -0.05) is 17.7 Å². The van der Waals surface area contributed by atoms with Crippen molar-refractivity contribution in [3.05, 3.63) is 35.0 Å². The third kappa shape index (κ3) is 2.46. The molecular weight excluding hydrogens is 262 g/mol. The molecular formula is C14H16ClN3O. The Hall–Kier alpha value is -1.52. The molecule has 1 aromatic heterocycles. The molecule has 0 saturated carbocycles. The standard InChI is InChI=1S/C14H16ClN3O/c15-13-7-9-3-4-10(6-12(9)17-13)14(19)18-5-1-2-11(16)8-18/h3-4,6-7,11,17H,1-2,5,8,16H2. The van der Waals surface area contributed by atoms with Gasteiger partial charge in [-0.05, 0) is 31.0 Å². The predicted octanol–water partition coefficient (Wildman–Crippen LogP) is 2.38. The van der Waals surface area contributed by atoms with Gasteiger partial charge in [0.2, 0.25) is 0 Å². The van der Waals surface area contributed by atoms with E-state index >= 15 is 0 Å². The van der Waals surface area contributed by atoms with Crippen molar-refractivity contribution in [1.82, 2.24) is 9.88 Å². The van der Waals surface area contributed by atoms with Gasteiger partial charge in [-0.15, -0.1) is 0 Å². The lowest BCUT2D eigenvalue weighted by molar-refractivity contribution is 0.0709. The van der Waals surface area contributed by atoms with E-state index in [-0.39, 0.29) is 11.9 Å². The molecule has 5 heteroatoms. The summed E-state index contributed by atoms with van der Waals surface area (Å²) in [4.78, 5) is 17.3. The third-order valence-corrected chi connectivity index (χ3v) is 3.79. The first-order chi connectivity index (χ1) is 9.13. The maximum Gasteiger partial charge on any atom is 0.253 e. The molecule has 100 valence electrons. The number of halogens is 1. The molecule has 3 rings (SSSR count). The molecule has 1 aliphatic rings. The van der Waals surface area contributed by atoms with Crippen LogP contribution in [-0.2, 0) is 0 Å². The molecule has 4 nitrogen and oxygen atoms in total. The fourth-order valence-corrected chi connectivity index (χ4v) is 2.82. The molecule has 1 amide bonds. The number of nitrogens with zero attached hydrogens (tertiary/aromatic N) is 1. The Bertz CT molecular complexity index is 622. The molecule has 1 aliphatic heterocycles. The van der Waals surface area contributed by atoms with Crippen LogP contribution in [0, 0.1) is 0 Å². The summed E-state index contributed by atoms with van der Waals surface area (Å²) < 4.78 is 0. The molecule has 2 aromatic rings. The second kappa shape index (κ2) is 4.87. The van der Waals surface area contributed by atoms with E-state index in [0.29, 0.717) is 17.3 Å². The van der Waals surface area contributed by atoms with E-state index in [4.69, 9.17) is 17.3 Å². The summed E-state index contributed by atoms with van der Waals surface area (Å²) in [6.45, 7) is 1.43. The second-order valence-electron chi connectivity index (χ2n) is 5.07. The highest BCUT2D eigenvalue weighted by molar-refractivity contribution is 6.30. The van der Waals surface area contributed by atoms with E-state index in [1.165, 1.54) is 0 Å². The fourth-order valence-electron chi connectivity index (χ4n) is 2.60. The van der Waals surface area contributed by atoms with Crippen molar-refractivity contribution in [3.63, 3.8) is 0 Å². The summed E-state index contributed by atoms with van der Waals surface area (Å²) in [7, 11) is 0. The van der Waals surface area contributed by atoms with Gasteiger partial charge in [-0.3, -0.25) is 4.79 Å². The van der Waals surface area contributed by atoms with E-state index in [9.17, 15) is 4.79 Å². The Morgan fingerprint density at radius 2 is 2.26 bits per heavy atom. The number of nitrogens with two attached hydrogens (primary N) is 1. The number of likely N-dealkylation sites (tertiary alicyclic amines) is 1. The van der Waals surface area contributed by atoms with Crippen LogP contribution in [0.3, 0.4) is 0 Å². The first-order valence-electron chi connectivity index (χ1n) is 6.46. The van der Waals surface area contributed by atoms with Crippen molar-refractivity contribution in [2.24, 2.45) is 5.73 Å². The number of aromatic nitrogens is 1. The number of carbonyl (C=O) groups excluding carboxylic acids is 1. The Morgan fingerprint density at radius 1 is 1.42 bits per heavy atom. The maximum atomic E-state index is 12.4. The third-order valence-electron chi connectivity index (χ3n) is 3.58. The first kappa shape index (κ1) is 12.5. The van der Waals surface area contributed by atoms with Crippen LogP contribution in [0.1, 0.15) is 23.2 Å². The molecule has 1 unspecified atom stereocenters. The van der Waals surface area contributed by atoms with E-state index in [1.807, 2.05) is 29.2 Å². The number of carbonyl (C=O) groups is 1. The average molecular weight is 278 g/mol. The summed E-state index contributed by atoms with van der Waals surface area (Å²) in [5.74, 6) is 0.0442. The number of benzene rings is 1. The van der Waals surface area contributed by atoms with Gasteiger partial charge >= 0.3 is 0 Å². The summed E-state index contributed by atoms with van der Waals surface area (Å²) >= 11 is 5.92. The predicted molar refractivity (Wildman–Crippen MR) is 76.4 cm³/mol. The highest BCUT2D eigenvalue weighted by Gasteiger charge is 2.22. The number of aromatic amines is 1. The molecule has 1 fully saturated rings. The highest BCUT2D eigenvalue weighted by atomic mass is 35.5. The molecule has 3 N–H and O–H groups in total. The van der Waals surface area contributed by atoms with Gasteiger partial charge in [0.15, 0.2) is 0 Å². The van der Waals surface area contributed by atoms with Crippen LogP contribution in [0.5, 0.6) is 0 Å². The maximum absolute atomic E-state index is 12.4. The minimum absolute atomic E-state index is 0.0442. The van der Waals surface area contributed by atoms with Crippen molar-refractivity contribution in [3.8, 4) is 0 Å². The Kier molecular flexibility index (Phi) is 3.21. The van der Waals surface area contributed by atoms with Crippen LogP contribution in [0.4, 0.5) is 0 Å². The van der Waals surface area contributed by atoms with Gasteiger partial charge in [0.05, 0.1) is 0 Å². The lowest BCUT2D eigenvalue weighted by atomic mass is 10.0. The monoisotopic (exact) mass is 277 g/mol. The van der Waals surface area contributed by atoms with Gasteiger partial charge < -0.3 is 15.6 Å². The van der Waals surface area contributed by atoms with Crippen LogP contribution < -0.4 is 5.73 Å². The van der Waals surface area contributed by atoms with E-state index in [2.05, 4.69) is 4.98 Å². The van der Waals surface area contributed by atoms with Crippen molar-refractivity contribution in [1.29, 1.82) is 0 Å². The Labute approximate surface area is 116 Å². The number of nitrogens with one attached hydrogen (secondary N) is 1. The van der Waals surface area contributed by atoms with E-state index in [1.54, 1.807) is 0 Å². The average Bonchev–Trinajstić information content (AvgIpc) is 2.76. The van der Waals surface area contributed by atoms with Crippen molar-refractivity contribution in [2.75, 3.05) is 13.1 Å². The van der Waals surface area contributed by atoms with Crippen LogP contribution in [-0.4, -0.2) is 34.9 Å². The molecule has 0 aliphatic carbocycles. The Balaban J connectivity index is 1.88. The molecule has 1 atom stereocenters. The SMILES string of the molecule is NC1CCCN(C(=O)c2ccc3cc(Cl)[nH]c3c2)C1. The van der Waals surface area contributed by atoms with Gasteiger partial charge in [0.1, 0.15) is 5.15 Å². The quantitative estimate of drug-likeness (QED) is 0.841. The zero-order chi connectivity index (χ0) is 13.4. The number of rotatable bonds is 1. The molecule has 0 radical (unpaired) electrons. The van der Waals surface area contributed by atoms with Gasteiger partial charge in [-0.25, -0.2) is 0 Å². The lowest BCUT2D eigenvalue weighted by Crippen LogP contribution is -2.45. The molecule has 0 bridgehead atoms. The topological polar surface area (TPSA) is 62.1 Å². The van der Waals surface area contributed by atoms with Crippen LogP contribution in [0.15, 0.2) is 24.3 Å². The number of fused-ring (bicyclic) bond motifs is 1. The van der Waals surface area contributed by atoms with Crippen LogP contribution >= 0.6 is 11.6 Å². The van der Waals surface area contributed by atoms with Gasteiger partial charge in [0.25, 0.3) is 5.91 Å². The minimum Gasteiger partial charge on any atom is -0.346 e. The summed E-state index contributed by atoms with van der Waals surface area (Å²) in [6.07, 6.45) is 1.97. The Morgan fingerprint density at radius 3 is 3.05 bits per heavy atom. The van der Waals surface area contributed by atoms with E-state index < -0.39 is 0 Å². The zero-order valence-electron chi connectivity index (χ0n) is 10.5. The minimum atomic E-state index is 0.0442. The van der Waals surface area contributed by atoms with E-state index in [0.717, 1.165) is 30.3 Å².